The lowest BCUT2D eigenvalue weighted by Crippen LogP contribution is -2.54. The van der Waals surface area contributed by atoms with E-state index in [1.54, 1.807) is 18.2 Å². The second-order valence-electron chi connectivity index (χ2n) is 6.63. The predicted octanol–water partition coefficient (Wildman–Crippen LogP) is 2.98. The van der Waals surface area contributed by atoms with E-state index < -0.39 is 37.6 Å². The summed E-state index contributed by atoms with van der Waals surface area (Å²) >= 11 is 5.42. The molecule has 0 spiro atoms. The van der Waals surface area contributed by atoms with E-state index in [9.17, 15) is 35.9 Å². The number of para-hydroxylation sites is 1. The van der Waals surface area contributed by atoms with Crippen LogP contribution in [0.5, 0.6) is 5.75 Å². The Labute approximate surface area is 203 Å². The first-order valence-corrected chi connectivity index (χ1v) is 10.5. The van der Waals surface area contributed by atoms with Crippen LogP contribution in [0.3, 0.4) is 0 Å². The number of nitrogens with zero attached hydrogens (tertiary/aromatic N) is 3. The maximum Gasteiger partial charge on any atom is 0.415 e. The zero-order chi connectivity index (χ0) is 26.4. The van der Waals surface area contributed by atoms with Gasteiger partial charge in [0.25, 0.3) is 0 Å². The van der Waals surface area contributed by atoms with Gasteiger partial charge in [0, 0.05) is 25.5 Å². The van der Waals surface area contributed by atoms with Gasteiger partial charge in [0.05, 0.1) is 0 Å². The van der Waals surface area contributed by atoms with Gasteiger partial charge < -0.3 is 20.8 Å². The van der Waals surface area contributed by atoms with Gasteiger partial charge in [0.1, 0.15) is 18.8 Å². The normalized spacial score (nSPS) is 13.5. The zero-order valence-electron chi connectivity index (χ0n) is 18.9. The van der Waals surface area contributed by atoms with Crippen LogP contribution < -0.4 is 16.3 Å². The average Bonchev–Trinajstić information content (AvgIpc) is 2.75. The smallest absolute Gasteiger partial charge is 0.412 e. The van der Waals surface area contributed by atoms with Crippen LogP contribution in [0.2, 0.25) is 0 Å². The first kappa shape index (κ1) is 34.7. The van der Waals surface area contributed by atoms with Crippen molar-refractivity contribution in [1.29, 1.82) is 0 Å². The van der Waals surface area contributed by atoms with E-state index in [-0.39, 0.29) is 36.6 Å². The largest absolute Gasteiger partial charge is 0.415 e. The van der Waals surface area contributed by atoms with Gasteiger partial charge in [-0.3, -0.25) is 9.91 Å². The lowest BCUT2D eigenvalue weighted by Gasteiger charge is -2.32. The summed E-state index contributed by atoms with van der Waals surface area (Å²) in [6.45, 7) is -2.25. The molecule has 1 aliphatic rings. The first-order valence-electron chi connectivity index (χ1n) is 9.92. The molecule has 1 heterocycles. The Bertz CT molecular complexity index is 728. The molecule has 204 valence electrons. The molecule has 0 atom stereocenters. The lowest BCUT2D eigenvalue weighted by atomic mass is 10.3. The second-order valence-corrected chi connectivity index (χ2v) is 7.00. The molecule has 0 bridgehead atoms. The second kappa shape index (κ2) is 17.0. The molecule has 16 heteroatoms. The van der Waals surface area contributed by atoms with Crippen LogP contribution in [0.15, 0.2) is 30.3 Å². The fourth-order valence-electron chi connectivity index (χ4n) is 2.52. The molecule has 1 saturated heterocycles. The summed E-state index contributed by atoms with van der Waals surface area (Å²) < 4.78 is 77.6. The number of carbonyl (C=O) groups excluding carboxylic acids is 2. The molecule has 1 aromatic rings. The summed E-state index contributed by atoms with van der Waals surface area (Å²) in [7, 11) is 1.50. The molecule has 6 N–H and O–H groups in total. The van der Waals surface area contributed by atoms with E-state index in [4.69, 9.17) is 22.2 Å². The van der Waals surface area contributed by atoms with Crippen LogP contribution in [0, 0.1) is 0 Å². The fraction of sp³-hybridized carbons (Fsp3) is 0.579. The number of urea groups is 1. The van der Waals surface area contributed by atoms with Gasteiger partial charge in [-0.25, -0.2) is 15.4 Å². The Morgan fingerprint density at radius 1 is 1.09 bits per heavy atom. The third-order valence-electron chi connectivity index (χ3n) is 3.85. The molecule has 0 aliphatic carbocycles. The Hall–Kier alpha value is -2.49. The Balaban J connectivity index is 0. The highest BCUT2D eigenvalue weighted by Crippen LogP contribution is 2.19. The molecule has 1 aliphatic heterocycles. The Morgan fingerprint density at radius 3 is 2.14 bits per heavy atom. The van der Waals surface area contributed by atoms with Gasteiger partial charge in [0.2, 0.25) is 0 Å². The van der Waals surface area contributed by atoms with Gasteiger partial charge in [-0.05, 0) is 32.0 Å². The van der Waals surface area contributed by atoms with Crippen molar-refractivity contribution in [3.05, 3.63) is 30.3 Å². The maximum atomic E-state index is 12.3. The highest BCUT2D eigenvalue weighted by atomic mass is 35.5. The minimum Gasteiger partial charge on any atom is -0.412 e. The van der Waals surface area contributed by atoms with Crippen LogP contribution in [-0.2, 0) is 0 Å². The minimum absolute atomic E-state index is 0. The van der Waals surface area contributed by atoms with E-state index in [2.05, 4.69) is 5.73 Å². The van der Waals surface area contributed by atoms with Crippen molar-refractivity contribution in [2.24, 2.45) is 11.6 Å². The summed E-state index contributed by atoms with van der Waals surface area (Å²) in [5, 5.41) is 0.801. The van der Waals surface area contributed by atoms with E-state index in [1.165, 1.54) is 19.2 Å². The minimum atomic E-state index is -4.47. The van der Waals surface area contributed by atoms with E-state index >= 15 is 0 Å². The van der Waals surface area contributed by atoms with Crippen LogP contribution in [0.4, 0.5) is 35.9 Å². The molecule has 1 aromatic carbocycles. The number of halogens is 7. The number of benzene rings is 1. The molecule has 0 unspecified atom stereocenters. The van der Waals surface area contributed by atoms with Crippen molar-refractivity contribution in [1.82, 2.24) is 14.8 Å². The van der Waals surface area contributed by atoms with Crippen LogP contribution >= 0.6 is 11.6 Å². The summed E-state index contributed by atoms with van der Waals surface area (Å²) in [4.78, 5) is 24.0. The molecular weight excluding hydrogens is 512 g/mol. The third-order valence-corrected chi connectivity index (χ3v) is 4.12. The molecule has 0 saturated carbocycles. The van der Waals surface area contributed by atoms with Gasteiger partial charge in [-0.15, -0.1) is 11.6 Å². The number of carbonyl (C=O) groups is 2. The topological polar surface area (TPSA) is 137 Å². The van der Waals surface area contributed by atoms with Crippen LogP contribution in [0.1, 0.15) is 12.8 Å². The SMILES string of the molecule is CN.NN1CCCN(CC(F)(F)F)C1=O.O.O=C(Oc1ccccc1)N(CCCCl)CC(F)(F)F. The van der Waals surface area contributed by atoms with Crippen molar-refractivity contribution in [2.75, 3.05) is 45.7 Å². The first-order chi connectivity index (χ1) is 15.8. The Kier molecular flexibility index (Phi) is 16.9. The van der Waals surface area contributed by atoms with Gasteiger partial charge in [0.15, 0.2) is 0 Å². The molecule has 9 nitrogen and oxygen atoms in total. The number of nitrogens with two attached hydrogens (primary N) is 2. The van der Waals surface area contributed by atoms with Crippen molar-refractivity contribution in [3.8, 4) is 5.75 Å². The molecule has 2 rings (SSSR count). The number of amides is 3. The maximum absolute atomic E-state index is 12.3. The van der Waals surface area contributed by atoms with Crippen molar-refractivity contribution in [2.45, 2.75) is 25.2 Å². The highest BCUT2D eigenvalue weighted by Gasteiger charge is 2.35. The van der Waals surface area contributed by atoms with Gasteiger partial charge >= 0.3 is 24.5 Å². The number of hydrogen-bond donors (Lipinski definition) is 2. The molecule has 0 aromatic heterocycles. The third kappa shape index (κ3) is 15.9. The standard InChI is InChI=1S/C12H13ClF3NO2.C6H10F3N3O.CH5N.H2O/c13-7-4-8-17(9-12(14,15)16)11(18)19-10-5-2-1-3-6-10;7-6(8,9)4-11-2-1-3-12(10)5(11)13;1-2;/h1-3,5-6H,4,7-9H2;1-4,10H2;2H2,1H3;1H2. The van der Waals surface area contributed by atoms with E-state index in [1.807, 2.05) is 0 Å². The van der Waals surface area contributed by atoms with Crippen molar-refractivity contribution < 1.29 is 46.1 Å². The summed E-state index contributed by atoms with van der Waals surface area (Å²) in [5.41, 5.74) is 4.50. The van der Waals surface area contributed by atoms with Crippen molar-refractivity contribution >= 4 is 23.7 Å². The lowest BCUT2D eigenvalue weighted by molar-refractivity contribution is -0.142. The molecule has 3 amide bonds. The number of hydrogen-bond acceptors (Lipinski definition) is 5. The van der Waals surface area contributed by atoms with Gasteiger partial charge in [-0.1, -0.05) is 18.2 Å². The van der Waals surface area contributed by atoms with E-state index in [0.717, 1.165) is 5.01 Å². The molecule has 1 fully saturated rings. The summed E-state index contributed by atoms with van der Waals surface area (Å²) in [6.07, 6.45) is -9.12. The molecule has 35 heavy (non-hydrogen) atoms. The number of alkyl halides is 7. The molecule has 0 radical (unpaired) electrons. The Morgan fingerprint density at radius 2 is 1.66 bits per heavy atom. The fourth-order valence-corrected chi connectivity index (χ4v) is 2.64. The number of hydrazine groups is 1. The quantitative estimate of drug-likeness (QED) is 0.247. The summed E-state index contributed by atoms with van der Waals surface area (Å²) in [6, 6.07) is 7.17. The van der Waals surface area contributed by atoms with E-state index in [0.29, 0.717) is 22.8 Å². The monoisotopic (exact) mass is 541 g/mol. The van der Waals surface area contributed by atoms with Gasteiger partial charge in [-0.2, -0.15) is 26.3 Å². The zero-order valence-corrected chi connectivity index (χ0v) is 19.7. The average molecular weight is 542 g/mol. The van der Waals surface area contributed by atoms with Crippen molar-refractivity contribution in [3.63, 3.8) is 0 Å². The predicted molar refractivity (Wildman–Crippen MR) is 118 cm³/mol. The number of ether oxygens (including phenoxy) is 1. The summed E-state index contributed by atoms with van der Waals surface area (Å²) in [5.74, 6) is 5.54. The van der Waals surface area contributed by atoms with Crippen LogP contribution in [0.25, 0.3) is 0 Å². The van der Waals surface area contributed by atoms with Crippen LogP contribution in [-0.4, -0.2) is 90.4 Å². The number of rotatable bonds is 6. The highest BCUT2D eigenvalue weighted by molar-refractivity contribution is 6.17. The molecular formula is C19H30ClF6N5O4.